The highest BCUT2D eigenvalue weighted by atomic mass is 16.5. The summed E-state index contributed by atoms with van der Waals surface area (Å²) in [5.74, 6) is 1.02. The Labute approximate surface area is 85.1 Å². The molecule has 0 saturated carbocycles. The Morgan fingerprint density at radius 3 is 2.79 bits per heavy atom. The Balaban J connectivity index is 2.57. The topological polar surface area (TPSA) is 35.2 Å². The second-order valence-electron chi connectivity index (χ2n) is 4.04. The highest BCUT2D eigenvalue weighted by Crippen LogP contribution is 2.35. The van der Waals surface area contributed by atoms with Gasteiger partial charge in [-0.05, 0) is 37.8 Å². The molecule has 0 aromatic heterocycles. The van der Waals surface area contributed by atoms with Gasteiger partial charge < -0.3 is 10.5 Å². The average molecular weight is 191 g/mol. The standard InChI is InChI=1S/C12H17NO/c1-8-5-6-9(2)12-11(8)10(13)4-3-7-14-12/h5-6,10H,3-4,7,13H2,1-2H3. The molecule has 1 aliphatic heterocycles. The maximum absolute atomic E-state index is 6.14. The van der Waals surface area contributed by atoms with Crippen LogP contribution in [-0.4, -0.2) is 6.61 Å². The summed E-state index contributed by atoms with van der Waals surface area (Å²) in [6.07, 6.45) is 2.08. The normalized spacial score (nSPS) is 20.9. The number of rotatable bonds is 0. The van der Waals surface area contributed by atoms with Gasteiger partial charge in [-0.3, -0.25) is 0 Å². The number of fused-ring (bicyclic) bond motifs is 1. The van der Waals surface area contributed by atoms with Crippen LogP contribution in [0.1, 0.15) is 35.6 Å². The van der Waals surface area contributed by atoms with Crippen molar-refractivity contribution in [2.75, 3.05) is 6.61 Å². The number of aryl methyl sites for hydroxylation is 2. The molecule has 0 spiro atoms. The smallest absolute Gasteiger partial charge is 0.127 e. The van der Waals surface area contributed by atoms with Gasteiger partial charge in [0.25, 0.3) is 0 Å². The fourth-order valence-corrected chi connectivity index (χ4v) is 2.08. The van der Waals surface area contributed by atoms with E-state index >= 15 is 0 Å². The van der Waals surface area contributed by atoms with Gasteiger partial charge in [0.15, 0.2) is 0 Å². The van der Waals surface area contributed by atoms with Crippen molar-refractivity contribution >= 4 is 0 Å². The van der Waals surface area contributed by atoms with E-state index < -0.39 is 0 Å². The van der Waals surface area contributed by atoms with E-state index in [1.165, 1.54) is 16.7 Å². The Morgan fingerprint density at radius 1 is 1.29 bits per heavy atom. The molecule has 76 valence electrons. The molecule has 0 radical (unpaired) electrons. The van der Waals surface area contributed by atoms with Gasteiger partial charge in [-0.25, -0.2) is 0 Å². The molecule has 1 aromatic carbocycles. The van der Waals surface area contributed by atoms with E-state index in [0.29, 0.717) is 0 Å². The summed E-state index contributed by atoms with van der Waals surface area (Å²) in [6.45, 7) is 4.98. The van der Waals surface area contributed by atoms with Gasteiger partial charge >= 0.3 is 0 Å². The number of ether oxygens (including phenoxy) is 1. The lowest BCUT2D eigenvalue weighted by atomic mass is 9.96. The van der Waals surface area contributed by atoms with Crippen LogP contribution < -0.4 is 10.5 Å². The fraction of sp³-hybridized carbons (Fsp3) is 0.500. The zero-order chi connectivity index (χ0) is 10.1. The number of benzene rings is 1. The highest BCUT2D eigenvalue weighted by Gasteiger charge is 2.19. The number of nitrogens with two attached hydrogens (primary N) is 1. The Kier molecular flexibility index (Phi) is 2.46. The van der Waals surface area contributed by atoms with Gasteiger partial charge in [-0.15, -0.1) is 0 Å². The summed E-state index contributed by atoms with van der Waals surface area (Å²) in [5, 5.41) is 0. The minimum atomic E-state index is 0.146. The van der Waals surface area contributed by atoms with Crippen molar-refractivity contribution in [3.8, 4) is 5.75 Å². The molecule has 1 aliphatic rings. The van der Waals surface area contributed by atoms with Crippen molar-refractivity contribution in [3.63, 3.8) is 0 Å². The minimum absolute atomic E-state index is 0.146. The summed E-state index contributed by atoms with van der Waals surface area (Å²) < 4.78 is 5.75. The molecule has 14 heavy (non-hydrogen) atoms. The van der Waals surface area contributed by atoms with Gasteiger partial charge in [0.2, 0.25) is 0 Å². The molecule has 0 bridgehead atoms. The summed E-state index contributed by atoms with van der Waals surface area (Å²) >= 11 is 0. The van der Waals surface area contributed by atoms with Crippen molar-refractivity contribution in [2.24, 2.45) is 5.73 Å². The molecule has 0 amide bonds. The first-order valence-corrected chi connectivity index (χ1v) is 5.18. The molecule has 2 nitrogen and oxygen atoms in total. The average Bonchev–Trinajstić information content (AvgIpc) is 2.35. The quantitative estimate of drug-likeness (QED) is 0.683. The number of hydrogen-bond acceptors (Lipinski definition) is 2. The van der Waals surface area contributed by atoms with Gasteiger partial charge in [-0.1, -0.05) is 12.1 Å². The summed E-state index contributed by atoms with van der Waals surface area (Å²) in [6, 6.07) is 4.38. The van der Waals surface area contributed by atoms with Crippen LogP contribution in [0.5, 0.6) is 5.75 Å². The van der Waals surface area contributed by atoms with E-state index in [0.717, 1.165) is 25.2 Å². The lowest BCUT2D eigenvalue weighted by molar-refractivity contribution is 0.314. The maximum atomic E-state index is 6.14. The Bertz CT molecular complexity index is 346. The molecule has 1 atom stereocenters. The highest BCUT2D eigenvalue weighted by molar-refractivity contribution is 5.47. The van der Waals surface area contributed by atoms with E-state index in [-0.39, 0.29) is 6.04 Å². The third-order valence-electron chi connectivity index (χ3n) is 2.89. The van der Waals surface area contributed by atoms with Gasteiger partial charge in [0, 0.05) is 11.6 Å². The van der Waals surface area contributed by atoms with Crippen molar-refractivity contribution in [3.05, 3.63) is 28.8 Å². The number of hydrogen-bond donors (Lipinski definition) is 1. The molecule has 1 heterocycles. The van der Waals surface area contributed by atoms with E-state index in [9.17, 15) is 0 Å². The molecule has 1 aromatic rings. The molecule has 2 N–H and O–H groups in total. The van der Waals surface area contributed by atoms with Crippen LogP contribution in [0.2, 0.25) is 0 Å². The van der Waals surface area contributed by atoms with Crippen molar-refractivity contribution in [1.82, 2.24) is 0 Å². The van der Waals surface area contributed by atoms with Crippen LogP contribution in [0, 0.1) is 13.8 Å². The lowest BCUT2D eigenvalue weighted by Crippen LogP contribution is -2.11. The monoisotopic (exact) mass is 191 g/mol. The molecule has 1 unspecified atom stereocenters. The van der Waals surface area contributed by atoms with Gasteiger partial charge in [-0.2, -0.15) is 0 Å². The van der Waals surface area contributed by atoms with E-state index in [1.54, 1.807) is 0 Å². The first-order valence-electron chi connectivity index (χ1n) is 5.18. The van der Waals surface area contributed by atoms with Crippen LogP contribution in [-0.2, 0) is 0 Å². The fourth-order valence-electron chi connectivity index (χ4n) is 2.08. The molecular formula is C12H17NO. The SMILES string of the molecule is Cc1ccc(C)c2c1OCCCC2N. The molecular weight excluding hydrogens is 174 g/mol. The van der Waals surface area contributed by atoms with Gasteiger partial charge in [0.05, 0.1) is 6.61 Å². The van der Waals surface area contributed by atoms with Gasteiger partial charge in [0.1, 0.15) is 5.75 Å². The van der Waals surface area contributed by atoms with Crippen LogP contribution in [0.4, 0.5) is 0 Å². The Morgan fingerprint density at radius 2 is 2.00 bits per heavy atom. The van der Waals surface area contributed by atoms with Crippen molar-refractivity contribution in [1.29, 1.82) is 0 Å². The zero-order valence-corrected chi connectivity index (χ0v) is 8.84. The minimum Gasteiger partial charge on any atom is -0.493 e. The molecule has 0 fully saturated rings. The largest absolute Gasteiger partial charge is 0.493 e. The zero-order valence-electron chi connectivity index (χ0n) is 8.84. The van der Waals surface area contributed by atoms with Crippen LogP contribution >= 0.6 is 0 Å². The van der Waals surface area contributed by atoms with E-state index in [1.807, 2.05) is 0 Å². The van der Waals surface area contributed by atoms with Crippen LogP contribution in [0.25, 0.3) is 0 Å². The van der Waals surface area contributed by atoms with Crippen molar-refractivity contribution < 1.29 is 4.74 Å². The third kappa shape index (κ3) is 1.50. The first kappa shape index (κ1) is 9.53. The summed E-state index contributed by atoms with van der Waals surface area (Å²) in [7, 11) is 0. The van der Waals surface area contributed by atoms with E-state index in [4.69, 9.17) is 10.5 Å². The van der Waals surface area contributed by atoms with E-state index in [2.05, 4.69) is 26.0 Å². The van der Waals surface area contributed by atoms with Crippen molar-refractivity contribution in [2.45, 2.75) is 32.7 Å². The predicted octanol–water partition coefficient (Wildman–Crippen LogP) is 2.48. The molecule has 0 aliphatic carbocycles. The molecule has 2 rings (SSSR count). The lowest BCUT2D eigenvalue weighted by Gasteiger charge is -2.16. The maximum Gasteiger partial charge on any atom is 0.127 e. The molecule has 2 heteroatoms. The molecule has 0 saturated heterocycles. The summed E-state index contributed by atoms with van der Waals surface area (Å²) in [4.78, 5) is 0. The Hall–Kier alpha value is -1.02. The first-order chi connectivity index (χ1) is 6.70. The van der Waals surface area contributed by atoms with Crippen LogP contribution in [0.3, 0.4) is 0 Å². The second kappa shape index (κ2) is 3.62. The predicted molar refractivity (Wildman–Crippen MR) is 57.6 cm³/mol. The third-order valence-corrected chi connectivity index (χ3v) is 2.89. The second-order valence-corrected chi connectivity index (χ2v) is 4.04. The van der Waals surface area contributed by atoms with Crippen LogP contribution in [0.15, 0.2) is 12.1 Å². The summed E-state index contributed by atoms with van der Waals surface area (Å²) in [5.41, 5.74) is 9.79.